The summed E-state index contributed by atoms with van der Waals surface area (Å²) in [7, 11) is 0. The van der Waals surface area contributed by atoms with Crippen molar-refractivity contribution in [3.63, 3.8) is 0 Å². The fraction of sp³-hybridized carbons (Fsp3) is 0.323. The van der Waals surface area contributed by atoms with Gasteiger partial charge in [0, 0.05) is 29.1 Å². The van der Waals surface area contributed by atoms with Crippen LogP contribution in [0.4, 0.5) is 11.4 Å². The third kappa shape index (κ3) is 4.79. The predicted molar refractivity (Wildman–Crippen MR) is 143 cm³/mol. The molecule has 1 amide bonds. The van der Waals surface area contributed by atoms with Crippen LogP contribution in [0, 0.1) is 0 Å². The first-order valence-corrected chi connectivity index (χ1v) is 12.8. The van der Waals surface area contributed by atoms with Crippen molar-refractivity contribution in [1.29, 1.82) is 0 Å². The molecule has 1 aliphatic carbocycles. The molecule has 34 heavy (non-hydrogen) atoms. The Morgan fingerprint density at radius 3 is 2.50 bits per heavy atom. The van der Waals surface area contributed by atoms with Gasteiger partial charge in [-0.2, -0.15) is 0 Å². The van der Waals surface area contributed by atoms with Gasteiger partial charge in [-0.1, -0.05) is 93.3 Å². The van der Waals surface area contributed by atoms with Gasteiger partial charge in [0.25, 0.3) is 5.91 Å². The standard InChI is InChI=1S/C31H34N2O/c1-2-8-25-11-6-7-12-29(25)33-31(34)28-19-20-32-30-21-26(17-18-27(28)30)24-15-13-23(14-16-24)22-9-4-3-5-10-22/h6-7,11-19,21-22,32H,2-5,8-10,20H2,1H3,(H,33,34). The summed E-state index contributed by atoms with van der Waals surface area (Å²) < 4.78 is 0. The lowest BCUT2D eigenvalue weighted by atomic mass is 9.83. The number of anilines is 2. The molecule has 3 nitrogen and oxygen atoms in total. The van der Waals surface area contributed by atoms with Crippen molar-refractivity contribution >= 4 is 22.9 Å². The second kappa shape index (κ2) is 10.3. The lowest BCUT2D eigenvalue weighted by molar-refractivity contribution is -0.111. The molecule has 0 radical (unpaired) electrons. The molecule has 3 heteroatoms. The highest BCUT2D eigenvalue weighted by Gasteiger charge is 2.20. The second-order valence-corrected chi connectivity index (χ2v) is 9.58. The number of carbonyl (C=O) groups is 1. The van der Waals surface area contributed by atoms with E-state index >= 15 is 0 Å². The Morgan fingerprint density at radius 1 is 0.941 bits per heavy atom. The zero-order chi connectivity index (χ0) is 23.3. The second-order valence-electron chi connectivity index (χ2n) is 9.58. The quantitative estimate of drug-likeness (QED) is 0.402. The highest BCUT2D eigenvalue weighted by molar-refractivity contribution is 6.27. The summed E-state index contributed by atoms with van der Waals surface area (Å²) in [6.07, 6.45) is 10.7. The summed E-state index contributed by atoms with van der Waals surface area (Å²) >= 11 is 0. The average molecular weight is 451 g/mol. The molecule has 3 aromatic rings. The topological polar surface area (TPSA) is 41.1 Å². The SMILES string of the molecule is CCCc1ccccc1NC(=O)C1=CCNc2cc(-c3ccc(C4CCCCC4)cc3)ccc21. The summed E-state index contributed by atoms with van der Waals surface area (Å²) in [6, 6.07) is 23.6. The Morgan fingerprint density at radius 2 is 1.71 bits per heavy atom. The Balaban J connectivity index is 1.34. The Hall–Kier alpha value is -3.33. The predicted octanol–water partition coefficient (Wildman–Crippen LogP) is 7.80. The van der Waals surface area contributed by atoms with Gasteiger partial charge in [0.05, 0.1) is 0 Å². The summed E-state index contributed by atoms with van der Waals surface area (Å²) in [5.41, 5.74) is 8.67. The molecule has 5 rings (SSSR count). The van der Waals surface area contributed by atoms with Gasteiger partial charge < -0.3 is 10.6 Å². The Labute approximate surface area is 203 Å². The van der Waals surface area contributed by atoms with E-state index in [1.165, 1.54) is 54.4 Å². The molecular weight excluding hydrogens is 416 g/mol. The molecule has 3 aromatic carbocycles. The highest BCUT2D eigenvalue weighted by atomic mass is 16.1. The first-order chi connectivity index (χ1) is 16.7. The van der Waals surface area contributed by atoms with Crippen molar-refractivity contribution in [2.75, 3.05) is 17.2 Å². The van der Waals surface area contributed by atoms with E-state index in [1.54, 1.807) is 0 Å². The maximum atomic E-state index is 13.2. The van der Waals surface area contributed by atoms with Crippen LogP contribution < -0.4 is 10.6 Å². The zero-order valence-electron chi connectivity index (χ0n) is 20.1. The van der Waals surface area contributed by atoms with Crippen molar-refractivity contribution in [2.45, 2.75) is 57.8 Å². The van der Waals surface area contributed by atoms with E-state index in [2.05, 4.69) is 66.1 Å². The molecule has 1 fully saturated rings. The molecule has 1 heterocycles. The zero-order valence-corrected chi connectivity index (χ0v) is 20.1. The number of carbonyl (C=O) groups excluding carboxylic acids is 1. The molecule has 0 atom stereocenters. The largest absolute Gasteiger partial charge is 0.381 e. The van der Waals surface area contributed by atoms with E-state index in [1.807, 2.05) is 24.3 Å². The number of hydrogen-bond acceptors (Lipinski definition) is 2. The van der Waals surface area contributed by atoms with Crippen LogP contribution in [0.5, 0.6) is 0 Å². The van der Waals surface area contributed by atoms with Gasteiger partial charge in [-0.15, -0.1) is 0 Å². The van der Waals surface area contributed by atoms with E-state index in [0.717, 1.165) is 41.3 Å². The first kappa shape index (κ1) is 22.5. The van der Waals surface area contributed by atoms with Gasteiger partial charge in [0.15, 0.2) is 0 Å². The van der Waals surface area contributed by atoms with Gasteiger partial charge in [0.1, 0.15) is 0 Å². The van der Waals surface area contributed by atoms with Crippen LogP contribution in [0.25, 0.3) is 16.7 Å². The van der Waals surface area contributed by atoms with E-state index < -0.39 is 0 Å². The molecule has 2 N–H and O–H groups in total. The summed E-state index contributed by atoms with van der Waals surface area (Å²) in [4.78, 5) is 13.2. The van der Waals surface area contributed by atoms with Crippen LogP contribution in [0.15, 0.2) is 72.8 Å². The van der Waals surface area contributed by atoms with Crippen LogP contribution >= 0.6 is 0 Å². The number of aryl methyl sites for hydroxylation is 1. The van der Waals surface area contributed by atoms with Gasteiger partial charge >= 0.3 is 0 Å². The van der Waals surface area contributed by atoms with Gasteiger partial charge in [-0.25, -0.2) is 0 Å². The van der Waals surface area contributed by atoms with Gasteiger partial charge in [-0.05, 0) is 59.6 Å². The number of benzene rings is 3. The van der Waals surface area contributed by atoms with Crippen molar-refractivity contribution in [3.8, 4) is 11.1 Å². The van der Waals surface area contributed by atoms with E-state index in [-0.39, 0.29) is 5.91 Å². The molecule has 2 aliphatic rings. The lowest BCUT2D eigenvalue weighted by Crippen LogP contribution is -2.19. The summed E-state index contributed by atoms with van der Waals surface area (Å²) in [5, 5.41) is 6.61. The maximum Gasteiger partial charge on any atom is 0.256 e. The number of hydrogen-bond donors (Lipinski definition) is 2. The lowest BCUT2D eigenvalue weighted by Gasteiger charge is -2.22. The van der Waals surface area contributed by atoms with E-state index in [9.17, 15) is 4.79 Å². The molecule has 0 unspecified atom stereocenters. The molecule has 174 valence electrons. The van der Waals surface area contributed by atoms with Crippen LogP contribution in [-0.4, -0.2) is 12.5 Å². The number of rotatable bonds is 6. The van der Waals surface area contributed by atoms with Crippen LogP contribution in [0.1, 0.15) is 68.1 Å². The minimum Gasteiger partial charge on any atom is -0.381 e. The van der Waals surface area contributed by atoms with Crippen molar-refractivity contribution in [3.05, 3.63) is 89.5 Å². The van der Waals surface area contributed by atoms with E-state index in [0.29, 0.717) is 6.54 Å². The van der Waals surface area contributed by atoms with Crippen molar-refractivity contribution in [2.24, 2.45) is 0 Å². The third-order valence-corrected chi connectivity index (χ3v) is 7.26. The van der Waals surface area contributed by atoms with Crippen LogP contribution in [-0.2, 0) is 11.2 Å². The maximum absolute atomic E-state index is 13.2. The minimum atomic E-state index is -0.0455. The van der Waals surface area contributed by atoms with Crippen molar-refractivity contribution in [1.82, 2.24) is 0 Å². The Bertz CT molecular complexity index is 1190. The van der Waals surface area contributed by atoms with Crippen LogP contribution in [0.2, 0.25) is 0 Å². The number of amides is 1. The Kier molecular flexibility index (Phi) is 6.80. The minimum absolute atomic E-state index is 0.0455. The molecule has 1 saturated carbocycles. The molecule has 0 bridgehead atoms. The molecular formula is C31H34N2O. The number of nitrogens with one attached hydrogen (secondary N) is 2. The molecule has 0 aromatic heterocycles. The number of para-hydroxylation sites is 1. The normalized spacial score (nSPS) is 15.7. The molecule has 0 saturated heterocycles. The first-order valence-electron chi connectivity index (χ1n) is 12.8. The van der Waals surface area contributed by atoms with Crippen LogP contribution in [0.3, 0.4) is 0 Å². The third-order valence-electron chi connectivity index (χ3n) is 7.26. The summed E-state index contributed by atoms with van der Waals surface area (Å²) in [5.74, 6) is 0.678. The fourth-order valence-electron chi connectivity index (χ4n) is 5.40. The highest BCUT2D eigenvalue weighted by Crippen LogP contribution is 2.36. The van der Waals surface area contributed by atoms with Gasteiger partial charge in [-0.3, -0.25) is 4.79 Å². The van der Waals surface area contributed by atoms with Crippen molar-refractivity contribution < 1.29 is 4.79 Å². The monoisotopic (exact) mass is 450 g/mol. The molecule has 1 aliphatic heterocycles. The summed E-state index contributed by atoms with van der Waals surface area (Å²) in [6.45, 7) is 2.81. The number of fused-ring (bicyclic) bond motifs is 1. The van der Waals surface area contributed by atoms with Gasteiger partial charge in [0.2, 0.25) is 0 Å². The fourth-order valence-corrected chi connectivity index (χ4v) is 5.40. The average Bonchev–Trinajstić information content (AvgIpc) is 2.90. The smallest absolute Gasteiger partial charge is 0.256 e. The van der Waals surface area contributed by atoms with E-state index in [4.69, 9.17) is 0 Å². The molecule has 0 spiro atoms.